The smallest absolute Gasteiger partial charge is 0.322 e. The fraction of sp³-hybridized carbons (Fsp3) is 0.478. The van der Waals surface area contributed by atoms with Crippen molar-refractivity contribution in [1.29, 1.82) is 0 Å². The zero-order valence-electron chi connectivity index (χ0n) is 18.6. The summed E-state index contributed by atoms with van der Waals surface area (Å²) in [6, 6.07) is 4.05. The minimum absolute atomic E-state index is 0.00620. The predicted octanol–water partition coefficient (Wildman–Crippen LogP) is 1.76. The van der Waals surface area contributed by atoms with Crippen LogP contribution in [0.3, 0.4) is 0 Å². The molecule has 0 spiro atoms. The molecule has 9 nitrogen and oxygen atoms in total. The molecule has 4 atom stereocenters. The molecule has 33 heavy (non-hydrogen) atoms. The van der Waals surface area contributed by atoms with Crippen LogP contribution in [0.1, 0.15) is 49.5 Å². The Morgan fingerprint density at radius 2 is 2.03 bits per heavy atom. The zero-order valence-corrected chi connectivity index (χ0v) is 18.6. The van der Waals surface area contributed by atoms with Crippen molar-refractivity contribution in [2.75, 3.05) is 7.05 Å². The molecular formula is C23H28FN5O4. The number of hydrogen-bond donors (Lipinski definition) is 3. The standard InChI is InChI=1S/C23H28FN5O4/c1-14-25-12-13-29(14)18-5-3-4-17(20(18)31)28(2)19(30)10-11-23(21(32)26-22(33)27-23)15-6-8-16(24)9-7-15/h6-9,12-13,17-18,20,31H,3-5,10-11H2,1-2H3,(H2,26,27,32,33)/t17-,18-,20-,23?/m1/s1. The normalized spacial score (nSPS) is 27.2. The monoisotopic (exact) mass is 457 g/mol. The van der Waals surface area contributed by atoms with Crippen LogP contribution in [0.2, 0.25) is 0 Å². The third-order valence-corrected chi connectivity index (χ3v) is 6.89. The van der Waals surface area contributed by atoms with E-state index in [1.165, 1.54) is 29.2 Å². The topological polar surface area (TPSA) is 117 Å². The number of aryl methyl sites for hydroxylation is 1. The third-order valence-electron chi connectivity index (χ3n) is 6.89. The van der Waals surface area contributed by atoms with Gasteiger partial charge in [0.25, 0.3) is 5.91 Å². The molecule has 1 aliphatic carbocycles. The molecule has 1 saturated carbocycles. The highest BCUT2D eigenvalue weighted by Gasteiger charge is 2.48. The second-order valence-electron chi connectivity index (χ2n) is 8.76. The number of amides is 4. The van der Waals surface area contributed by atoms with Crippen molar-refractivity contribution in [1.82, 2.24) is 25.1 Å². The Morgan fingerprint density at radius 1 is 1.30 bits per heavy atom. The molecule has 1 unspecified atom stereocenters. The molecule has 2 aliphatic rings. The minimum Gasteiger partial charge on any atom is -0.389 e. The summed E-state index contributed by atoms with van der Waals surface area (Å²) in [5.41, 5.74) is -1.06. The van der Waals surface area contributed by atoms with Crippen molar-refractivity contribution in [3.8, 4) is 0 Å². The second-order valence-corrected chi connectivity index (χ2v) is 8.76. The van der Waals surface area contributed by atoms with Crippen molar-refractivity contribution in [3.63, 3.8) is 0 Å². The molecule has 1 aromatic heterocycles. The number of benzene rings is 1. The number of aromatic nitrogens is 2. The molecule has 0 bridgehead atoms. The van der Waals surface area contributed by atoms with Gasteiger partial charge >= 0.3 is 6.03 Å². The van der Waals surface area contributed by atoms with E-state index < -0.39 is 29.4 Å². The first-order chi connectivity index (χ1) is 15.7. The number of carbonyl (C=O) groups is 3. The van der Waals surface area contributed by atoms with Crippen LogP contribution in [0.5, 0.6) is 0 Å². The average Bonchev–Trinajstić information content (AvgIpc) is 3.34. The number of aliphatic hydroxyl groups excluding tert-OH is 1. The molecule has 2 heterocycles. The van der Waals surface area contributed by atoms with E-state index in [9.17, 15) is 23.9 Å². The molecule has 1 aliphatic heterocycles. The van der Waals surface area contributed by atoms with Crippen LogP contribution in [0.15, 0.2) is 36.7 Å². The summed E-state index contributed by atoms with van der Waals surface area (Å²) in [6.45, 7) is 1.88. The van der Waals surface area contributed by atoms with E-state index in [0.29, 0.717) is 12.0 Å². The van der Waals surface area contributed by atoms with E-state index in [4.69, 9.17) is 0 Å². The van der Waals surface area contributed by atoms with Gasteiger partial charge in [-0.2, -0.15) is 0 Å². The summed E-state index contributed by atoms with van der Waals surface area (Å²) in [5.74, 6) is -0.498. The van der Waals surface area contributed by atoms with Crippen molar-refractivity contribution < 1.29 is 23.9 Å². The zero-order chi connectivity index (χ0) is 23.8. The SMILES string of the molecule is Cc1nccn1[C@@H]1CCC[C@@H](N(C)C(=O)CCC2(c3ccc(F)cc3)NC(=O)NC2=O)[C@H]1O. The Bertz CT molecular complexity index is 1060. The number of nitrogens with zero attached hydrogens (tertiary/aromatic N) is 3. The first-order valence-corrected chi connectivity index (χ1v) is 11.1. The highest BCUT2D eigenvalue weighted by molar-refractivity contribution is 6.07. The molecule has 10 heteroatoms. The number of hydrogen-bond acceptors (Lipinski definition) is 5. The summed E-state index contributed by atoms with van der Waals surface area (Å²) in [5, 5.41) is 15.9. The summed E-state index contributed by atoms with van der Waals surface area (Å²) >= 11 is 0. The lowest BCUT2D eigenvalue weighted by Gasteiger charge is -2.41. The average molecular weight is 458 g/mol. The van der Waals surface area contributed by atoms with Gasteiger partial charge in [0.15, 0.2) is 0 Å². The van der Waals surface area contributed by atoms with Gasteiger partial charge in [-0.3, -0.25) is 14.9 Å². The molecule has 2 fully saturated rings. The van der Waals surface area contributed by atoms with Crippen molar-refractivity contribution >= 4 is 17.8 Å². The Morgan fingerprint density at radius 3 is 2.64 bits per heavy atom. The lowest BCUT2D eigenvalue weighted by molar-refractivity contribution is -0.137. The van der Waals surface area contributed by atoms with Gasteiger partial charge in [-0.1, -0.05) is 12.1 Å². The number of aliphatic hydroxyl groups is 1. The molecule has 4 amide bonds. The van der Waals surface area contributed by atoms with Crippen LogP contribution in [0.25, 0.3) is 0 Å². The number of imide groups is 1. The van der Waals surface area contributed by atoms with Gasteiger partial charge in [0, 0.05) is 25.9 Å². The number of halogens is 1. The highest BCUT2D eigenvalue weighted by atomic mass is 19.1. The lowest BCUT2D eigenvalue weighted by atomic mass is 9.84. The van der Waals surface area contributed by atoms with Crippen LogP contribution >= 0.6 is 0 Å². The molecule has 176 valence electrons. The quantitative estimate of drug-likeness (QED) is 0.572. The van der Waals surface area contributed by atoms with Crippen LogP contribution in [0.4, 0.5) is 9.18 Å². The molecule has 1 aromatic carbocycles. The third kappa shape index (κ3) is 4.22. The number of likely N-dealkylation sites (N-methyl/N-ethyl adjacent to an activating group) is 1. The van der Waals surface area contributed by atoms with Crippen LogP contribution < -0.4 is 10.6 Å². The van der Waals surface area contributed by atoms with E-state index in [1.807, 2.05) is 17.7 Å². The van der Waals surface area contributed by atoms with E-state index in [1.54, 1.807) is 13.2 Å². The second kappa shape index (κ2) is 8.93. The molecule has 1 saturated heterocycles. The van der Waals surface area contributed by atoms with Gasteiger partial charge in [0.05, 0.1) is 18.2 Å². The van der Waals surface area contributed by atoms with Gasteiger partial charge in [-0.15, -0.1) is 0 Å². The van der Waals surface area contributed by atoms with Gasteiger partial charge in [0.1, 0.15) is 17.2 Å². The Labute approximate surface area is 191 Å². The highest BCUT2D eigenvalue weighted by Crippen LogP contribution is 2.34. The predicted molar refractivity (Wildman–Crippen MR) is 116 cm³/mol. The molecule has 4 rings (SSSR count). The fourth-order valence-corrected chi connectivity index (χ4v) is 5.00. The van der Waals surface area contributed by atoms with Gasteiger partial charge in [-0.25, -0.2) is 14.2 Å². The first-order valence-electron chi connectivity index (χ1n) is 11.1. The van der Waals surface area contributed by atoms with Crippen LogP contribution in [0, 0.1) is 12.7 Å². The lowest BCUT2D eigenvalue weighted by Crippen LogP contribution is -2.51. The number of nitrogens with one attached hydrogen (secondary N) is 2. The molecule has 0 radical (unpaired) electrons. The Kier molecular flexibility index (Phi) is 6.20. The maximum Gasteiger partial charge on any atom is 0.322 e. The number of imidazole rings is 1. The Hall–Kier alpha value is -3.27. The summed E-state index contributed by atoms with van der Waals surface area (Å²) < 4.78 is 15.4. The van der Waals surface area contributed by atoms with Crippen molar-refractivity contribution in [2.24, 2.45) is 0 Å². The molecular weight excluding hydrogens is 429 g/mol. The largest absolute Gasteiger partial charge is 0.389 e. The maximum atomic E-state index is 13.4. The van der Waals surface area contributed by atoms with E-state index in [0.717, 1.165) is 18.7 Å². The van der Waals surface area contributed by atoms with Gasteiger partial charge in [-0.05, 0) is 50.3 Å². The number of rotatable bonds is 6. The summed E-state index contributed by atoms with van der Waals surface area (Å²) in [7, 11) is 1.65. The van der Waals surface area contributed by atoms with Gasteiger partial charge < -0.3 is 19.9 Å². The van der Waals surface area contributed by atoms with E-state index in [-0.39, 0.29) is 30.8 Å². The summed E-state index contributed by atoms with van der Waals surface area (Å²) in [6.07, 6.45) is 5.02. The van der Waals surface area contributed by atoms with Crippen molar-refractivity contribution in [2.45, 2.75) is 62.8 Å². The van der Waals surface area contributed by atoms with E-state index >= 15 is 0 Å². The van der Waals surface area contributed by atoms with Gasteiger partial charge in [0.2, 0.25) is 5.91 Å². The first kappa shape index (κ1) is 22.9. The molecule has 2 aromatic rings. The Balaban J connectivity index is 1.48. The van der Waals surface area contributed by atoms with Crippen molar-refractivity contribution in [3.05, 3.63) is 53.9 Å². The van der Waals surface area contributed by atoms with Crippen LogP contribution in [-0.2, 0) is 15.1 Å². The number of carbonyl (C=O) groups excluding carboxylic acids is 3. The summed E-state index contributed by atoms with van der Waals surface area (Å²) in [4.78, 5) is 43.5. The minimum atomic E-state index is -1.46. The van der Waals surface area contributed by atoms with Crippen LogP contribution in [-0.4, -0.2) is 56.6 Å². The molecule has 3 N–H and O–H groups in total. The van der Waals surface area contributed by atoms with E-state index in [2.05, 4.69) is 15.6 Å². The maximum absolute atomic E-state index is 13.4. The number of urea groups is 1. The fourth-order valence-electron chi connectivity index (χ4n) is 5.00.